The molecule has 1 aliphatic rings. The number of ether oxygens (including phenoxy) is 1. The fourth-order valence-electron chi connectivity index (χ4n) is 1.84. The molecule has 74 valence electrons. The zero-order valence-corrected chi connectivity index (χ0v) is 8.71. The van der Waals surface area contributed by atoms with Crippen LogP contribution in [0.3, 0.4) is 0 Å². The molecule has 0 saturated heterocycles. The maximum Gasteiger partial charge on any atom is 0.122 e. The lowest BCUT2D eigenvalue weighted by molar-refractivity contribution is 0.410. The first-order valence-corrected chi connectivity index (χ1v) is 5.04. The van der Waals surface area contributed by atoms with Crippen molar-refractivity contribution in [1.29, 1.82) is 0 Å². The zero-order valence-electron chi connectivity index (χ0n) is 8.71. The lowest BCUT2D eigenvalue weighted by Crippen LogP contribution is -2.05. The first kappa shape index (κ1) is 9.25. The van der Waals surface area contributed by atoms with Crippen LogP contribution in [0.15, 0.2) is 17.1 Å². The molecule has 0 bridgehead atoms. The van der Waals surface area contributed by atoms with E-state index in [1.807, 2.05) is 6.21 Å². The number of methoxy groups -OCH3 is 1. The quantitative estimate of drug-likeness (QED) is 0.699. The molecule has 0 spiro atoms. The first-order valence-electron chi connectivity index (χ1n) is 5.04. The van der Waals surface area contributed by atoms with Crippen molar-refractivity contribution in [3.8, 4) is 5.75 Å². The molecule has 14 heavy (non-hydrogen) atoms. The monoisotopic (exact) mass is 189 g/mol. The molecule has 0 atom stereocenters. The minimum Gasteiger partial charge on any atom is -0.496 e. The van der Waals surface area contributed by atoms with Crippen LogP contribution in [0.1, 0.15) is 23.6 Å². The third kappa shape index (κ3) is 1.52. The molecule has 1 aliphatic heterocycles. The van der Waals surface area contributed by atoms with Crippen LogP contribution in [-0.4, -0.2) is 19.9 Å². The van der Waals surface area contributed by atoms with E-state index in [1.165, 1.54) is 16.7 Å². The second-order valence-corrected chi connectivity index (χ2v) is 3.50. The number of hydrogen-bond donors (Lipinski definition) is 0. The highest BCUT2D eigenvalue weighted by Crippen LogP contribution is 2.25. The van der Waals surface area contributed by atoms with E-state index >= 15 is 0 Å². The van der Waals surface area contributed by atoms with Gasteiger partial charge in [0.2, 0.25) is 0 Å². The fourth-order valence-corrected chi connectivity index (χ4v) is 1.84. The standard InChI is InChI=1S/C12H15NO/c1-3-9-6-10-4-5-13-8-11(10)7-12(9)14-2/h6-8H,3-5H2,1-2H3. The van der Waals surface area contributed by atoms with E-state index in [0.717, 1.165) is 25.1 Å². The molecule has 0 N–H and O–H groups in total. The summed E-state index contributed by atoms with van der Waals surface area (Å²) in [6, 6.07) is 4.34. The van der Waals surface area contributed by atoms with Crippen LogP contribution in [0.4, 0.5) is 0 Å². The van der Waals surface area contributed by atoms with E-state index in [2.05, 4.69) is 24.0 Å². The van der Waals surface area contributed by atoms with Gasteiger partial charge in [0.15, 0.2) is 0 Å². The van der Waals surface area contributed by atoms with Crippen LogP contribution in [0, 0.1) is 0 Å². The number of nitrogens with zero attached hydrogens (tertiary/aromatic N) is 1. The predicted molar refractivity (Wildman–Crippen MR) is 58.5 cm³/mol. The third-order valence-electron chi connectivity index (χ3n) is 2.66. The largest absolute Gasteiger partial charge is 0.496 e. The number of aliphatic imine (C=N–C) groups is 1. The van der Waals surface area contributed by atoms with Gasteiger partial charge in [-0.15, -0.1) is 0 Å². The van der Waals surface area contributed by atoms with Gasteiger partial charge >= 0.3 is 0 Å². The second-order valence-electron chi connectivity index (χ2n) is 3.50. The molecule has 0 aromatic heterocycles. The van der Waals surface area contributed by atoms with Crippen LogP contribution in [-0.2, 0) is 12.8 Å². The maximum atomic E-state index is 5.34. The Morgan fingerprint density at radius 3 is 3.00 bits per heavy atom. The van der Waals surface area contributed by atoms with Crippen molar-refractivity contribution in [2.45, 2.75) is 19.8 Å². The molecule has 2 nitrogen and oxygen atoms in total. The lowest BCUT2D eigenvalue weighted by Gasteiger charge is -2.14. The van der Waals surface area contributed by atoms with E-state index in [4.69, 9.17) is 4.74 Å². The van der Waals surface area contributed by atoms with Gasteiger partial charge in [-0.3, -0.25) is 4.99 Å². The highest BCUT2D eigenvalue weighted by molar-refractivity contribution is 5.84. The molecule has 0 radical (unpaired) electrons. The average molecular weight is 189 g/mol. The molecule has 2 heteroatoms. The van der Waals surface area contributed by atoms with Crippen molar-refractivity contribution in [3.05, 3.63) is 28.8 Å². The van der Waals surface area contributed by atoms with Crippen molar-refractivity contribution in [1.82, 2.24) is 0 Å². The Hall–Kier alpha value is -1.31. The lowest BCUT2D eigenvalue weighted by atomic mass is 9.98. The Balaban J connectivity index is 2.50. The van der Waals surface area contributed by atoms with Crippen LogP contribution < -0.4 is 4.74 Å². The Kier molecular flexibility index (Phi) is 2.53. The molecule has 0 unspecified atom stereocenters. The summed E-state index contributed by atoms with van der Waals surface area (Å²) < 4.78 is 5.34. The number of fused-ring (bicyclic) bond motifs is 1. The van der Waals surface area contributed by atoms with Gasteiger partial charge in [0.1, 0.15) is 5.75 Å². The normalized spacial score (nSPS) is 13.9. The second kappa shape index (κ2) is 3.82. The Morgan fingerprint density at radius 2 is 2.29 bits per heavy atom. The van der Waals surface area contributed by atoms with Gasteiger partial charge in [-0.2, -0.15) is 0 Å². The van der Waals surface area contributed by atoms with E-state index in [-0.39, 0.29) is 0 Å². The van der Waals surface area contributed by atoms with E-state index < -0.39 is 0 Å². The summed E-state index contributed by atoms with van der Waals surface area (Å²) >= 11 is 0. The van der Waals surface area contributed by atoms with Crippen molar-refractivity contribution in [2.75, 3.05) is 13.7 Å². The Bertz CT molecular complexity index is 369. The number of benzene rings is 1. The maximum absolute atomic E-state index is 5.34. The van der Waals surface area contributed by atoms with E-state index in [0.29, 0.717) is 0 Å². The molecular weight excluding hydrogens is 174 g/mol. The van der Waals surface area contributed by atoms with E-state index in [1.54, 1.807) is 7.11 Å². The minimum absolute atomic E-state index is 0.919. The summed E-state index contributed by atoms with van der Waals surface area (Å²) in [4.78, 5) is 4.27. The van der Waals surface area contributed by atoms with Gasteiger partial charge < -0.3 is 4.74 Å². The first-order chi connectivity index (χ1) is 6.85. The molecule has 1 aromatic carbocycles. The average Bonchev–Trinajstić information content (AvgIpc) is 2.27. The van der Waals surface area contributed by atoms with Gasteiger partial charge in [0.25, 0.3) is 0 Å². The van der Waals surface area contributed by atoms with Crippen LogP contribution in [0.5, 0.6) is 5.75 Å². The van der Waals surface area contributed by atoms with Crippen LogP contribution in [0.25, 0.3) is 0 Å². The molecular formula is C12H15NO. The topological polar surface area (TPSA) is 21.6 Å². The molecule has 1 aromatic rings. The van der Waals surface area contributed by atoms with Gasteiger partial charge in [-0.1, -0.05) is 13.0 Å². The Labute approximate surface area is 84.6 Å². The number of hydrogen-bond acceptors (Lipinski definition) is 2. The summed E-state index contributed by atoms with van der Waals surface area (Å²) in [6.07, 6.45) is 4.03. The van der Waals surface area contributed by atoms with Gasteiger partial charge in [0.05, 0.1) is 7.11 Å². The van der Waals surface area contributed by atoms with E-state index in [9.17, 15) is 0 Å². The number of aryl methyl sites for hydroxylation is 1. The molecule has 0 fully saturated rings. The molecule has 0 saturated carbocycles. The molecule has 1 heterocycles. The molecule has 2 rings (SSSR count). The van der Waals surface area contributed by atoms with Crippen LogP contribution >= 0.6 is 0 Å². The van der Waals surface area contributed by atoms with Gasteiger partial charge in [-0.05, 0) is 35.6 Å². The highest BCUT2D eigenvalue weighted by Gasteiger charge is 2.10. The number of rotatable bonds is 2. The summed E-state index contributed by atoms with van der Waals surface area (Å²) in [5, 5.41) is 0. The van der Waals surface area contributed by atoms with Crippen molar-refractivity contribution in [3.63, 3.8) is 0 Å². The Morgan fingerprint density at radius 1 is 1.43 bits per heavy atom. The molecule has 0 amide bonds. The van der Waals surface area contributed by atoms with Gasteiger partial charge in [0, 0.05) is 12.8 Å². The van der Waals surface area contributed by atoms with Gasteiger partial charge in [-0.25, -0.2) is 0 Å². The van der Waals surface area contributed by atoms with Crippen molar-refractivity contribution < 1.29 is 4.74 Å². The minimum atomic E-state index is 0.919. The predicted octanol–water partition coefficient (Wildman–Crippen LogP) is 2.23. The third-order valence-corrected chi connectivity index (χ3v) is 2.66. The summed E-state index contributed by atoms with van der Waals surface area (Å²) in [7, 11) is 1.72. The molecule has 0 aliphatic carbocycles. The van der Waals surface area contributed by atoms with Crippen LogP contribution in [0.2, 0.25) is 0 Å². The fraction of sp³-hybridized carbons (Fsp3) is 0.417. The smallest absolute Gasteiger partial charge is 0.122 e. The summed E-state index contributed by atoms with van der Waals surface area (Å²) in [5.74, 6) is 0.986. The summed E-state index contributed by atoms with van der Waals surface area (Å²) in [6.45, 7) is 3.07. The summed E-state index contributed by atoms with van der Waals surface area (Å²) in [5.41, 5.74) is 3.91. The zero-order chi connectivity index (χ0) is 9.97. The van der Waals surface area contributed by atoms with Crippen molar-refractivity contribution >= 4 is 6.21 Å². The van der Waals surface area contributed by atoms with Crippen molar-refractivity contribution in [2.24, 2.45) is 4.99 Å². The highest BCUT2D eigenvalue weighted by atomic mass is 16.5. The SMILES string of the molecule is CCc1cc2c(cc1OC)C=NCC2.